The highest BCUT2D eigenvalue weighted by atomic mass is 16.3. The zero-order chi connectivity index (χ0) is 12.4. The maximum atomic E-state index is 8.80. The third kappa shape index (κ3) is 2.22. The van der Waals surface area contributed by atoms with Gasteiger partial charge in [0, 0.05) is 17.1 Å². The molecule has 1 aliphatic rings. The van der Waals surface area contributed by atoms with Gasteiger partial charge in [-0.05, 0) is 44.3 Å². The smallest absolute Gasteiger partial charge is 0.204 e. The van der Waals surface area contributed by atoms with Gasteiger partial charge in [0.15, 0.2) is 5.58 Å². The summed E-state index contributed by atoms with van der Waals surface area (Å²) < 4.78 is 5.33. The topological polar surface area (TPSA) is 61.9 Å². The Kier molecular flexibility index (Phi) is 2.99. The molecule has 0 aliphatic carbocycles. The average molecular weight is 241 g/mol. The predicted octanol–water partition coefficient (Wildman–Crippen LogP) is 2.24. The number of hydrogen-bond acceptors (Lipinski definition) is 4. The van der Waals surface area contributed by atoms with Crippen molar-refractivity contribution < 1.29 is 4.42 Å². The van der Waals surface area contributed by atoms with Gasteiger partial charge in [-0.3, -0.25) is 4.98 Å². The number of furan rings is 1. The molecule has 2 aromatic rings. The lowest BCUT2D eigenvalue weighted by molar-refractivity contribution is 0.370. The van der Waals surface area contributed by atoms with E-state index in [1.54, 1.807) is 12.3 Å². The van der Waals surface area contributed by atoms with Crippen molar-refractivity contribution in [2.75, 3.05) is 13.1 Å². The van der Waals surface area contributed by atoms with Gasteiger partial charge in [-0.1, -0.05) is 0 Å². The van der Waals surface area contributed by atoms with E-state index in [4.69, 9.17) is 9.68 Å². The molecule has 0 atom stereocenters. The van der Waals surface area contributed by atoms with Crippen LogP contribution in [0.1, 0.15) is 24.3 Å². The number of fused-ring (bicyclic) bond motifs is 1. The summed E-state index contributed by atoms with van der Waals surface area (Å²) in [7, 11) is 0. The van der Waals surface area contributed by atoms with Gasteiger partial charge < -0.3 is 9.73 Å². The van der Waals surface area contributed by atoms with E-state index < -0.39 is 0 Å². The second-order valence-corrected chi connectivity index (χ2v) is 4.83. The number of nitrogens with zero attached hydrogens (tertiary/aromatic N) is 2. The molecule has 2 aromatic heterocycles. The minimum atomic E-state index is 0.353. The van der Waals surface area contributed by atoms with Crippen LogP contribution < -0.4 is 5.32 Å². The van der Waals surface area contributed by atoms with Crippen LogP contribution in [0.15, 0.2) is 22.7 Å². The Labute approximate surface area is 106 Å². The molecule has 1 fully saturated rings. The summed E-state index contributed by atoms with van der Waals surface area (Å²) in [5, 5.41) is 13.1. The fourth-order valence-electron chi connectivity index (χ4n) is 2.54. The lowest BCUT2D eigenvalue weighted by atomic mass is 9.93. The molecule has 1 N–H and O–H groups in total. The van der Waals surface area contributed by atoms with Crippen LogP contribution in [0.25, 0.3) is 11.0 Å². The summed E-state index contributed by atoms with van der Waals surface area (Å²) in [5.74, 6) is 1.07. The molecule has 0 saturated carbocycles. The van der Waals surface area contributed by atoms with Gasteiger partial charge in [0.2, 0.25) is 5.76 Å². The molecule has 18 heavy (non-hydrogen) atoms. The van der Waals surface area contributed by atoms with Crippen LogP contribution in [0.5, 0.6) is 0 Å². The normalized spacial score (nSPS) is 16.8. The molecule has 0 radical (unpaired) electrons. The van der Waals surface area contributed by atoms with Crippen molar-refractivity contribution in [1.82, 2.24) is 10.3 Å². The van der Waals surface area contributed by atoms with E-state index >= 15 is 0 Å². The van der Waals surface area contributed by atoms with Gasteiger partial charge in [0.25, 0.3) is 0 Å². The van der Waals surface area contributed by atoms with Gasteiger partial charge in [-0.2, -0.15) is 5.26 Å². The minimum Gasteiger partial charge on any atom is -0.444 e. The lowest BCUT2D eigenvalue weighted by Gasteiger charge is -2.22. The molecular weight excluding hydrogens is 226 g/mol. The largest absolute Gasteiger partial charge is 0.444 e. The van der Waals surface area contributed by atoms with E-state index in [-0.39, 0.29) is 0 Å². The zero-order valence-corrected chi connectivity index (χ0v) is 10.1. The van der Waals surface area contributed by atoms with Crippen molar-refractivity contribution in [3.8, 4) is 6.07 Å². The molecule has 0 aromatic carbocycles. The first-order valence-electron chi connectivity index (χ1n) is 6.34. The number of rotatable bonds is 2. The molecule has 4 heteroatoms. The molecule has 0 bridgehead atoms. The highest BCUT2D eigenvalue weighted by Gasteiger charge is 2.14. The third-order valence-corrected chi connectivity index (χ3v) is 3.53. The maximum absolute atomic E-state index is 8.80. The zero-order valence-electron chi connectivity index (χ0n) is 10.1. The standard InChI is InChI=1S/C14H15N3O/c15-8-13-7-11-6-12(17-9-14(11)18-13)5-10-1-3-16-4-2-10/h6-7,9-10,16H,1-5H2. The lowest BCUT2D eigenvalue weighted by Crippen LogP contribution is -2.28. The molecule has 1 aliphatic heterocycles. The number of hydrogen-bond donors (Lipinski definition) is 1. The Morgan fingerprint density at radius 1 is 1.39 bits per heavy atom. The Morgan fingerprint density at radius 3 is 3.00 bits per heavy atom. The molecule has 3 heterocycles. The predicted molar refractivity (Wildman–Crippen MR) is 68.0 cm³/mol. The molecule has 3 rings (SSSR count). The first-order chi connectivity index (χ1) is 8.85. The van der Waals surface area contributed by atoms with Crippen molar-refractivity contribution >= 4 is 11.0 Å². The van der Waals surface area contributed by atoms with E-state index in [0.29, 0.717) is 11.3 Å². The van der Waals surface area contributed by atoms with E-state index in [9.17, 15) is 0 Å². The highest BCUT2D eigenvalue weighted by Crippen LogP contribution is 2.22. The second-order valence-electron chi connectivity index (χ2n) is 4.83. The summed E-state index contributed by atoms with van der Waals surface area (Å²) in [6.45, 7) is 2.22. The van der Waals surface area contributed by atoms with Crippen LogP contribution >= 0.6 is 0 Å². The summed E-state index contributed by atoms with van der Waals surface area (Å²) in [5.41, 5.74) is 1.79. The molecule has 1 saturated heterocycles. The SMILES string of the molecule is N#Cc1cc2cc(CC3CCNCC3)ncc2o1. The Balaban J connectivity index is 1.81. The molecule has 0 unspecified atom stereocenters. The van der Waals surface area contributed by atoms with Crippen LogP contribution in [-0.4, -0.2) is 18.1 Å². The number of pyridine rings is 1. The van der Waals surface area contributed by atoms with Gasteiger partial charge in [-0.25, -0.2) is 0 Å². The maximum Gasteiger partial charge on any atom is 0.204 e. The second kappa shape index (κ2) is 4.79. The van der Waals surface area contributed by atoms with Crippen LogP contribution in [0.3, 0.4) is 0 Å². The monoisotopic (exact) mass is 241 g/mol. The fourth-order valence-corrected chi connectivity index (χ4v) is 2.54. The van der Waals surface area contributed by atoms with Gasteiger partial charge >= 0.3 is 0 Å². The van der Waals surface area contributed by atoms with Crippen molar-refractivity contribution in [2.24, 2.45) is 5.92 Å². The van der Waals surface area contributed by atoms with Crippen LogP contribution in [0.2, 0.25) is 0 Å². The minimum absolute atomic E-state index is 0.353. The molecule has 0 amide bonds. The van der Waals surface area contributed by atoms with E-state index in [2.05, 4.69) is 10.3 Å². The van der Waals surface area contributed by atoms with Crippen molar-refractivity contribution in [3.63, 3.8) is 0 Å². The summed E-state index contributed by atoms with van der Waals surface area (Å²) >= 11 is 0. The third-order valence-electron chi connectivity index (χ3n) is 3.53. The van der Waals surface area contributed by atoms with Gasteiger partial charge in [0.05, 0.1) is 6.20 Å². The first kappa shape index (κ1) is 11.2. The molecule has 4 nitrogen and oxygen atoms in total. The average Bonchev–Trinajstić information content (AvgIpc) is 2.82. The number of nitrogens with one attached hydrogen (secondary N) is 1. The van der Waals surface area contributed by atoms with E-state index in [1.165, 1.54) is 12.8 Å². The van der Waals surface area contributed by atoms with Gasteiger partial charge in [0.1, 0.15) is 6.07 Å². The first-order valence-corrected chi connectivity index (χ1v) is 6.34. The van der Waals surface area contributed by atoms with E-state index in [0.717, 1.165) is 36.5 Å². The number of aromatic nitrogens is 1. The van der Waals surface area contributed by atoms with Crippen LogP contribution in [0, 0.1) is 17.2 Å². The highest BCUT2D eigenvalue weighted by molar-refractivity contribution is 5.78. The molecule has 92 valence electrons. The molecular formula is C14H15N3O. The Morgan fingerprint density at radius 2 is 2.22 bits per heavy atom. The number of nitriles is 1. The Hall–Kier alpha value is -1.86. The Bertz CT molecular complexity index is 591. The van der Waals surface area contributed by atoms with Crippen LogP contribution in [0.4, 0.5) is 0 Å². The fraction of sp³-hybridized carbons (Fsp3) is 0.429. The van der Waals surface area contributed by atoms with Crippen molar-refractivity contribution in [1.29, 1.82) is 5.26 Å². The van der Waals surface area contributed by atoms with Crippen molar-refractivity contribution in [2.45, 2.75) is 19.3 Å². The number of piperidine rings is 1. The van der Waals surface area contributed by atoms with Crippen LogP contribution in [-0.2, 0) is 6.42 Å². The summed E-state index contributed by atoms with van der Waals surface area (Å²) in [4.78, 5) is 4.43. The quantitative estimate of drug-likeness (QED) is 0.875. The van der Waals surface area contributed by atoms with Gasteiger partial charge in [-0.15, -0.1) is 0 Å². The van der Waals surface area contributed by atoms with E-state index in [1.807, 2.05) is 12.1 Å². The van der Waals surface area contributed by atoms with Crippen molar-refractivity contribution in [3.05, 3.63) is 29.8 Å². The molecule has 0 spiro atoms. The summed E-state index contributed by atoms with van der Waals surface area (Å²) in [6, 6.07) is 5.84. The summed E-state index contributed by atoms with van der Waals surface area (Å²) in [6.07, 6.45) is 5.18.